The molecule has 0 radical (unpaired) electrons. The summed E-state index contributed by atoms with van der Waals surface area (Å²) in [5.41, 5.74) is 4.02. The number of benzene rings is 1. The van der Waals surface area contributed by atoms with Gasteiger partial charge in [0.05, 0.1) is 4.91 Å². The van der Waals surface area contributed by atoms with E-state index in [1.165, 1.54) is 5.56 Å². The van der Waals surface area contributed by atoms with E-state index in [0.29, 0.717) is 4.91 Å². The minimum Gasteiger partial charge on any atom is -0.282 e. The molecule has 0 aliphatic carbocycles. The van der Waals surface area contributed by atoms with Crippen LogP contribution in [0.5, 0.6) is 0 Å². The first-order chi connectivity index (χ1) is 10.1. The van der Waals surface area contributed by atoms with Crippen LogP contribution in [0.1, 0.15) is 11.1 Å². The molecule has 0 bridgehead atoms. The number of rotatable bonds is 2. The summed E-state index contributed by atoms with van der Waals surface area (Å²) < 4.78 is 0. The molecule has 1 aromatic carbocycles. The van der Waals surface area contributed by atoms with Gasteiger partial charge in [0.1, 0.15) is 0 Å². The highest BCUT2D eigenvalue weighted by Crippen LogP contribution is 2.27. The molecule has 1 aliphatic rings. The summed E-state index contributed by atoms with van der Waals surface area (Å²) in [6.07, 6.45) is 5.12. The largest absolute Gasteiger partial charge is 0.290 e. The van der Waals surface area contributed by atoms with Gasteiger partial charge in [0.2, 0.25) is 0 Å². The average Bonchev–Trinajstić information content (AvgIpc) is 2.78. The van der Waals surface area contributed by atoms with E-state index in [2.05, 4.69) is 10.3 Å². The van der Waals surface area contributed by atoms with E-state index in [-0.39, 0.29) is 11.1 Å². The Kier molecular flexibility index (Phi) is 3.58. The van der Waals surface area contributed by atoms with Crippen molar-refractivity contribution < 1.29 is 9.59 Å². The Hall–Kier alpha value is -2.40. The lowest BCUT2D eigenvalue weighted by molar-refractivity contribution is -0.115. The van der Waals surface area contributed by atoms with Gasteiger partial charge in [-0.2, -0.15) is 0 Å². The maximum atomic E-state index is 11.5. The van der Waals surface area contributed by atoms with Crippen LogP contribution in [-0.4, -0.2) is 16.1 Å². The van der Waals surface area contributed by atoms with Crippen molar-refractivity contribution in [2.75, 3.05) is 0 Å². The second kappa shape index (κ2) is 5.54. The summed E-state index contributed by atoms with van der Waals surface area (Å²) in [5, 5.41) is 1.90. The molecule has 2 amide bonds. The molecule has 5 heteroatoms. The molecule has 3 rings (SSSR count). The molecule has 0 atom stereocenters. The summed E-state index contributed by atoms with van der Waals surface area (Å²) in [7, 11) is 0. The van der Waals surface area contributed by atoms with Crippen molar-refractivity contribution >= 4 is 29.0 Å². The number of hydrogen-bond donors (Lipinski definition) is 1. The Morgan fingerprint density at radius 3 is 2.52 bits per heavy atom. The van der Waals surface area contributed by atoms with E-state index in [9.17, 15) is 9.59 Å². The SMILES string of the molecule is Cc1ccc(-c2cncc(/C=C3\SC(=O)NC3=O)c2)cc1. The number of aromatic nitrogens is 1. The van der Waals surface area contributed by atoms with Gasteiger partial charge in [-0.15, -0.1) is 0 Å². The van der Waals surface area contributed by atoms with Gasteiger partial charge >= 0.3 is 0 Å². The van der Waals surface area contributed by atoms with Crippen LogP contribution in [0.4, 0.5) is 4.79 Å². The minimum absolute atomic E-state index is 0.339. The lowest BCUT2D eigenvalue weighted by atomic mass is 10.0. The Morgan fingerprint density at radius 2 is 1.86 bits per heavy atom. The third-order valence-electron chi connectivity index (χ3n) is 3.08. The number of aryl methyl sites for hydroxylation is 1. The lowest BCUT2D eigenvalue weighted by Crippen LogP contribution is -2.17. The molecule has 2 aromatic rings. The molecule has 104 valence electrons. The zero-order chi connectivity index (χ0) is 14.8. The van der Waals surface area contributed by atoms with Crippen LogP contribution < -0.4 is 5.32 Å². The Balaban J connectivity index is 1.93. The van der Waals surface area contributed by atoms with Crippen LogP contribution in [0.15, 0.2) is 47.6 Å². The van der Waals surface area contributed by atoms with Crippen molar-refractivity contribution in [3.63, 3.8) is 0 Å². The van der Waals surface area contributed by atoms with Gasteiger partial charge in [-0.05, 0) is 42.0 Å². The minimum atomic E-state index is -0.356. The van der Waals surface area contributed by atoms with Crippen molar-refractivity contribution in [3.8, 4) is 11.1 Å². The van der Waals surface area contributed by atoms with Gasteiger partial charge in [-0.1, -0.05) is 29.8 Å². The number of hydrogen-bond acceptors (Lipinski definition) is 4. The van der Waals surface area contributed by atoms with E-state index in [0.717, 1.165) is 28.5 Å². The normalized spacial score (nSPS) is 16.3. The monoisotopic (exact) mass is 296 g/mol. The third-order valence-corrected chi connectivity index (χ3v) is 3.89. The fraction of sp³-hybridized carbons (Fsp3) is 0.0625. The number of thioether (sulfide) groups is 1. The van der Waals surface area contributed by atoms with Gasteiger partial charge in [-0.25, -0.2) is 0 Å². The predicted molar refractivity (Wildman–Crippen MR) is 83.5 cm³/mol. The van der Waals surface area contributed by atoms with Gasteiger partial charge < -0.3 is 0 Å². The first-order valence-corrected chi connectivity index (χ1v) is 7.20. The molecular formula is C16H12N2O2S. The molecule has 0 saturated carbocycles. The summed E-state index contributed by atoms with van der Waals surface area (Å²) in [6, 6.07) is 10.1. The standard InChI is InChI=1S/C16H12N2O2S/c1-10-2-4-12(5-3-10)13-6-11(8-17-9-13)7-14-15(19)18-16(20)21-14/h2-9H,1H3,(H,18,19,20)/b14-7-. The third kappa shape index (κ3) is 3.03. The number of carbonyl (C=O) groups excluding carboxylic acids is 2. The van der Waals surface area contributed by atoms with Crippen LogP contribution >= 0.6 is 11.8 Å². The zero-order valence-corrected chi connectivity index (χ0v) is 12.1. The van der Waals surface area contributed by atoms with Crippen molar-refractivity contribution in [2.45, 2.75) is 6.92 Å². The molecule has 1 aromatic heterocycles. The second-order valence-electron chi connectivity index (χ2n) is 4.73. The molecular weight excluding hydrogens is 284 g/mol. The van der Waals surface area contributed by atoms with Crippen molar-refractivity contribution in [1.82, 2.24) is 10.3 Å². The molecule has 1 aliphatic heterocycles. The highest BCUT2D eigenvalue weighted by molar-refractivity contribution is 8.18. The quantitative estimate of drug-likeness (QED) is 0.863. The molecule has 4 nitrogen and oxygen atoms in total. The first-order valence-electron chi connectivity index (χ1n) is 6.39. The molecule has 1 N–H and O–H groups in total. The maximum absolute atomic E-state index is 11.5. The van der Waals surface area contributed by atoms with E-state index < -0.39 is 0 Å². The summed E-state index contributed by atoms with van der Waals surface area (Å²) >= 11 is 0.906. The fourth-order valence-electron chi connectivity index (χ4n) is 2.01. The van der Waals surface area contributed by atoms with Crippen molar-refractivity contribution in [1.29, 1.82) is 0 Å². The van der Waals surface area contributed by atoms with Crippen LogP contribution in [0.2, 0.25) is 0 Å². The molecule has 1 saturated heterocycles. The van der Waals surface area contributed by atoms with E-state index in [1.807, 2.05) is 37.3 Å². The fourth-order valence-corrected chi connectivity index (χ4v) is 2.70. The molecule has 0 spiro atoms. The van der Waals surface area contributed by atoms with Gasteiger partial charge in [0.15, 0.2) is 0 Å². The number of nitrogens with one attached hydrogen (secondary N) is 1. The molecule has 1 fully saturated rings. The maximum Gasteiger partial charge on any atom is 0.290 e. The van der Waals surface area contributed by atoms with E-state index >= 15 is 0 Å². The van der Waals surface area contributed by atoms with Crippen LogP contribution in [-0.2, 0) is 4.79 Å². The Labute approximate surface area is 126 Å². The van der Waals surface area contributed by atoms with Crippen molar-refractivity contribution in [2.24, 2.45) is 0 Å². The number of pyridine rings is 1. The highest BCUT2D eigenvalue weighted by atomic mass is 32.2. The van der Waals surface area contributed by atoms with E-state index in [4.69, 9.17) is 0 Å². The number of carbonyl (C=O) groups is 2. The van der Waals surface area contributed by atoms with Crippen LogP contribution in [0.3, 0.4) is 0 Å². The summed E-state index contributed by atoms with van der Waals surface area (Å²) in [6.45, 7) is 2.04. The highest BCUT2D eigenvalue weighted by Gasteiger charge is 2.24. The topological polar surface area (TPSA) is 59.1 Å². The zero-order valence-electron chi connectivity index (χ0n) is 11.3. The van der Waals surface area contributed by atoms with Crippen LogP contribution in [0.25, 0.3) is 17.2 Å². The first kappa shape index (κ1) is 13.6. The van der Waals surface area contributed by atoms with Crippen LogP contribution in [0, 0.1) is 6.92 Å². The average molecular weight is 296 g/mol. The summed E-state index contributed by atoms with van der Waals surface area (Å²) in [5.74, 6) is -0.356. The summed E-state index contributed by atoms with van der Waals surface area (Å²) in [4.78, 5) is 27.3. The molecule has 21 heavy (non-hydrogen) atoms. The number of imide groups is 1. The molecule has 2 heterocycles. The predicted octanol–water partition coefficient (Wildman–Crippen LogP) is 3.38. The number of amides is 2. The Bertz CT molecular complexity index is 751. The van der Waals surface area contributed by atoms with Gasteiger partial charge in [0.25, 0.3) is 11.1 Å². The second-order valence-corrected chi connectivity index (χ2v) is 5.74. The molecule has 0 unspecified atom stereocenters. The number of nitrogens with zero attached hydrogens (tertiary/aromatic N) is 1. The Morgan fingerprint density at radius 1 is 1.10 bits per heavy atom. The smallest absolute Gasteiger partial charge is 0.282 e. The van der Waals surface area contributed by atoms with Crippen molar-refractivity contribution in [3.05, 3.63) is 58.8 Å². The lowest BCUT2D eigenvalue weighted by Gasteiger charge is -2.03. The van der Waals surface area contributed by atoms with Gasteiger partial charge in [0, 0.05) is 18.0 Å². The van der Waals surface area contributed by atoms with E-state index in [1.54, 1.807) is 18.5 Å². The van der Waals surface area contributed by atoms with Gasteiger partial charge in [-0.3, -0.25) is 19.9 Å².